The summed E-state index contributed by atoms with van der Waals surface area (Å²) in [6.45, 7) is 6.86. The molecule has 1 N–H and O–H groups in total. The number of aromatic nitrogens is 7. The maximum absolute atomic E-state index is 15.5. The number of rotatable bonds is 6. The first-order chi connectivity index (χ1) is 19.8. The van der Waals surface area contributed by atoms with Crippen LogP contribution in [0.15, 0.2) is 49.3 Å². The van der Waals surface area contributed by atoms with Crippen molar-refractivity contribution in [2.24, 2.45) is 0 Å². The van der Waals surface area contributed by atoms with E-state index in [0.29, 0.717) is 65.1 Å². The van der Waals surface area contributed by atoms with E-state index in [1.807, 2.05) is 11.8 Å². The van der Waals surface area contributed by atoms with E-state index in [1.54, 1.807) is 59.9 Å². The predicted molar refractivity (Wildman–Crippen MR) is 151 cm³/mol. The molecule has 1 aliphatic rings. The highest BCUT2D eigenvalue weighted by Crippen LogP contribution is 2.33. The van der Waals surface area contributed by atoms with E-state index in [0.717, 1.165) is 0 Å². The van der Waals surface area contributed by atoms with Crippen molar-refractivity contribution < 1.29 is 13.9 Å². The third kappa shape index (κ3) is 5.15. The van der Waals surface area contributed by atoms with Crippen LogP contribution in [0.1, 0.15) is 19.4 Å². The van der Waals surface area contributed by atoms with Crippen molar-refractivity contribution in [2.75, 3.05) is 29.9 Å². The van der Waals surface area contributed by atoms with Gasteiger partial charge in [-0.15, -0.1) is 11.6 Å². The lowest BCUT2D eigenvalue weighted by Crippen LogP contribution is -2.55. The molecule has 41 heavy (non-hydrogen) atoms. The summed E-state index contributed by atoms with van der Waals surface area (Å²) in [6.07, 6.45) is 6.14. The van der Waals surface area contributed by atoms with Crippen molar-refractivity contribution in [1.29, 1.82) is 0 Å². The topological polar surface area (TPSA) is 127 Å². The van der Waals surface area contributed by atoms with Gasteiger partial charge in [0.1, 0.15) is 40.6 Å². The van der Waals surface area contributed by atoms with Gasteiger partial charge >= 0.3 is 0 Å². The number of ether oxygens (including phenoxy) is 1. The Morgan fingerprint density at radius 3 is 2.83 bits per heavy atom. The number of amides is 1. The Hall–Kier alpha value is -4.65. The van der Waals surface area contributed by atoms with Crippen LogP contribution in [0.25, 0.3) is 16.7 Å². The van der Waals surface area contributed by atoms with E-state index in [-0.39, 0.29) is 17.6 Å². The first-order valence-corrected chi connectivity index (χ1v) is 13.4. The van der Waals surface area contributed by atoms with Gasteiger partial charge in [0.2, 0.25) is 11.9 Å². The van der Waals surface area contributed by atoms with E-state index < -0.39 is 11.2 Å². The van der Waals surface area contributed by atoms with Crippen LogP contribution < -0.4 is 15.0 Å². The highest BCUT2D eigenvalue weighted by Gasteiger charge is 2.30. The molecule has 1 amide bonds. The summed E-state index contributed by atoms with van der Waals surface area (Å²) in [5, 5.41) is 6.54. The lowest BCUT2D eigenvalue weighted by Gasteiger charge is -2.40. The number of hydrogen-bond acceptors (Lipinski definition) is 10. The average Bonchev–Trinajstić information content (AvgIpc) is 3.44. The zero-order chi connectivity index (χ0) is 28.7. The molecule has 1 unspecified atom stereocenters. The number of carbonyl (C=O) groups excluding carboxylic acids is 1. The molecule has 0 bridgehead atoms. The molecule has 12 nitrogen and oxygen atoms in total. The van der Waals surface area contributed by atoms with Gasteiger partial charge in [0.05, 0.1) is 11.9 Å². The molecule has 1 fully saturated rings. The number of alkyl halides is 1. The SMILES string of the molecule is Cc1c(Oc2ccn3ncnc3c2)ccc(Nc2ncnc3cnc(N4CCN(C(=O)C(C)Cl)[C@H](C)C4)nc23)c1F. The largest absolute Gasteiger partial charge is 0.457 e. The molecule has 210 valence electrons. The fourth-order valence-electron chi connectivity index (χ4n) is 4.77. The summed E-state index contributed by atoms with van der Waals surface area (Å²) >= 11 is 6.02. The van der Waals surface area contributed by atoms with Crippen LogP contribution in [-0.2, 0) is 4.79 Å². The lowest BCUT2D eigenvalue weighted by atomic mass is 10.1. The molecular weight excluding hydrogens is 551 g/mol. The predicted octanol–water partition coefficient (Wildman–Crippen LogP) is 4.11. The van der Waals surface area contributed by atoms with Crippen LogP contribution in [0.3, 0.4) is 0 Å². The third-order valence-electron chi connectivity index (χ3n) is 6.97. The first-order valence-electron chi connectivity index (χ1n) is 13.0. The van der Waals surface area contributed by atoms with Crippen molar-refractivity contribution in [2.45, 2.75) is 32.2 Å². The zero-order valence-corrected chi connectivity index (χ0v) is 23.2. The molecule has 6 rings (SSSR count). The van der Waals surface area contributed by atoms with Crippen LogP contribution >= 0.6 is 11.6 Å². The monoisotopic (exact) mass is 576 g/mol. The van der Waals surface area contributed by atoms with E-state index >= 15 is 4.39 Å². The number of benzene rings is 1. The second-order valence-electron chi connectivity index (χ2n) is 9.77. The summed E-state index contributed by atoms with van der Waals surface area (Å²) in [6, 6.07) is 6.64. The Balaban J connectivity index is 1.24. The third-order valence-corrected chi connectivity index (χ3v) is 7.15. The Kier molecular flexibility index (Phi) is 6.95. The molecule has 1 aromatic carbocycles. The van der Waals surface area contributed by atoms with Crippen LogP contribution in [0.5, 0.6) is 11.5 Å². The molecule has 2 atom stereocenters. The quantitative estimate of drug-likeness (QED) is 0.295. The molecule has 0 radical (unpaired) electrons. The smallest absolute Gasteiger partial charge is 0.240 e. The van der Waals surface area contributed by atoms with Gasteiger partial charge in [-0.3, -0.25) is 4.79 Å². The summed E-state index contributed by atoms with van der Waals surface area (Å²) in [5.41, 5.74) is 2.09. The van der Waals surface area contributed by atoms with E-state index in [1.165, 1.54) is 12.7 Å². The van der Waals surface area contributed by atoms with Crippen LogP contribution in [-0.4, -0.2) is 76.4 Å². The fourth-order valence-corrected chi connectivity index (χ4v) is 4.90. The van der Waals surface area contributed by atoms with E-state index in [2.05, 4.69) is 30.4 Å². The minimum Gasteiger partial charge on any atom is -0.457 e. The number of hydrogen-bond donors (Lipinski definition) is 1. The summed E-state index contributed by atoms with van der Waals surface area (Å²) < 4.78 is 23.1. The number of nitrogens with one attached hydrogen (secondary N) is 1. The minimum absolute atomic E-state index is 0.0718. The second kappa shape index (κ2) is 10.7. The van der Waals surface area contributed by atoms with Gasteiger partial charge in [-0.25, -0.2) is 33.8 Å². The number of carbonyl (C=O) groups is 1. The normalized spacial score (nSPS) is 16.3. The maximum atomic E-state index is 15.5. The Morgan fingerprint density at radius 2 is 2.02 bits per heavy atom. The van der Waals surface area contributed by atoms with Gasteiger partial charge in [0.25, 0.3) is 0 Å². The standard InChI is InChI=1S/C27H26ClFN10O2/c1-15-12-37(8-9-38(15)26(40)17(3)28)27-30-11-20-24(36-27)25(33-13-31-20)35-19-4-5-21(16(2)23(19)29)41-18-6-7-39-22(10-18)32-14-34-39/h4-7,10-11,13-15,17H,8-9,12H2,1-3H3,(H,31,33,35)/t15-,17?/m1/s1. The van der Waals surface area contributed by atoms with Crippen molar-refractivity contribution in [3.63, 3.8) is 0 Å². The molecule has 5 heterocycles. The molecule has 1 aliphatic heterocycles. The van der Waals surface area contributed by atoms with E-state index in [9.17, 15) is 4.79 Å². The molecule has 5 aromatic rings. The van der Waals surface area contributed by atoms with Crippen molar-refractivity contribution in [3.8, 4) is 11.5 Å². The van der Waals surface area contributed by atoms with Gasteiger partial charge in [-0.05, 0) is 39.0 Å². The Bertz CT molecular complexity index is 1760. The highest BCUT2D eigenvalue weighted by molar-refractivity contribution is 6.30. The Labute approximate surface area is 239 Å². The van der Waals surface area contributed by atoms with Crippen molar-refractivity contribution >= 4 is 51.6 Å². The highest BCUT2D eigenvalue weighted by atomic mass is 35.5. The molecule has 14 heteroatoms. The number of halogens is 2. The van der Waals surface area contributed by atoms with Crippen molar-refractivity contribution in [1.82, 2.24) is 39.4 Å². The van der Waals surface area contributed by atoms with Crippen molar-refractivity contribution in [3.05, 3.63) is 60.7 Å². The van der Waals surface area contributed by atoms with Crippen LogP contribution in [0.4, 0.5) is 21.8 Å². The minimum atomic E-state index is -0.583. The van der Waals surface area contributed by atoms with Gasteiger partial charge in [-0.2, -0.15) is 5.10 Å². The molecular formula is C27H26ClFN10O2. The lowest BCUT2D eigenvalue weighted by molar-refractivity contribution is -0.132. The summed E-state index contributed by atoms with van der Waals surface area (Å²) in [7, 11) is 0. The van der Waals surface area contributed by atoms with Gasteiger partial charge < -0.3 is 19.9 Å². The van der Waals surface area contributed by atoms with E-state index in [4.69, 9.17) is 21.3 Å². The molecule has 1 saturated heterocycles. The summed E-state index contributed by atoms with van der Waals surface area (Å²) in [5.74, 6) is 1.10. The zero-order valence-electron chi connectivity index (χ0n) is 22.5. The molecule has 0 spiro atoms. The van der Waals surface area contributed by atoms with Crippen LogP contribution in [0, 0.1) is 12.7 Å². The van der Waals surface area contributed by atoms with Crippen LogP contribution in [0.2, 0.25) is 0 Å². The van der Waals surface area contributed by atoms with Gasteiger partial charge in [0, 0.05) is 43.5 Å². The first kappa shape index (κ1) is 26.6. The number of pyridine rings is 1. The van der Waals surface area contributed by atoms with Gasteiger partial charge in [0.15, 0.2) is 17.3 Å². The number of piperazine rings is 1. The molecule has 4 aromatic heterocycles. The number of fused-ring (bicyclic) bond motifs is 2. The maximum Gasteiger partial charge on any atom is 0.240 e. The summed E-state index contributed by atoms with van der Waals surface area (Å²) in [4.78, 5) is 38.1. The number of anilines is 3. The molecule has 0 saturated carbocycles. The molecule has 0 aliphatic carbocycles. The Morgan fingerprint density at radius 1 is 1.17 bits per heavy atom. The second-order valence-corrected chi connectivity index (χ2v) is 10.4. The van der Waals surface area contributed by atoms with Gasteiger partial charge in [-0.1, -0.05) is 0 Å². The fraction of sp³-hybridized carbons (Fsp3) is 0.296. The average molecular weight is 577 g/mol. The number of nitrogens with zero attached hydrogens (tertiary/aromatic N) is 9.